The molecule has 0 N–H and O–H groups in total. The van der Waals surface area contributed by atoms with Crippen molar-refractivity contribution in [2.45, 2.75) is 58.0 Å². The van der Waals surface area contributed by atoms with Crippen LogP contribution in [0.4, 0.5) is 0 Å². The lowest BCUT2D eigenvalue weighted by Gasteiger charge is -2.36. The minimum absolute atomic E-state index is 0.415. The molecule has 2 heteroatoms. The third-order valence-corrected chi connectivity index (χ3v) is 3.64. The van der Waals surface area contributed by atoms with Crippen molar-refractivity contribution in [3.05, 3.63) is 0 Å². The number of hydrogen-bond donors (Lipinski definition) is 0. The summed E-state index contributed by atoms with van der Waals surface area (Å²) in [5.41, 5.74) is 0. The lowest BCUT2D eigenvalue weighted by Crippen LogP contribution is -2.40. The Hall–Kier alpha value is -0.550. The lowest BCUT2D eigenvalue weighted by atomic mass is 9.86. The first-order valence-electron chi connectivity index (χ1n) is 5.74. The molecule has 1 atom stereocenters. The van der Waals surface area contributed by atoms with Gasteiger partial charge in [0.1, 0.15) is 0 Å². The number of hydrogen-bond acceptors (Lipinski definition) is 2. The van der Waals surface area contributed by atoms with E-state index in [0.717, 1.165) is 12.0 Å². The van der Waals surface area contributed by atoms with E-state index in [1.54, 1.807) is 0 Å². The van der Waals surface area contributed by atoms with Crippen molar-refractivity contribution in [3.63, 3.8) is 0 Å². The molecular formula is C12H22N2. The Labute approximate surface area is 87.9 Å². The van der Waals surface area contributed by atoms with Crippen LogP contribution in [-0.4, -0.2) is 24.0 Å². The van der Waals surface area contributed by atoms with Crippen LogP contribution in [0.25, 0.3) is 0 Å². The molecule has 1 rings (SSSR count). The second-order valence-electron chi connectivity index (χ2n) is 4.79. The maximum absolute atomic E-state index is 8.65. The van der Waals surface area contributed by atoms with Crippen LogP contribution in [0.15, 0.2) is 0 Å². The van der Waals surface area contributed by atoms with E-state index < -0.39 is 0 Å². The third kappa shape index (κ3) is 2.99. The Morgan fingerprint density at radius 3 is 2.43 bits per heavy atom. The molecule has 2 nitrogen and oxygen atoms in total. The smallest absolute Gasteiger partial charge is 0.0638 e. The minimum atomic E-state index is 0.415. The van der Waals surface area contributed by atoms with Crippen LogP contribution >= 0.6 is 0 Å². The predicted octanol–water partition coefficient (Wildman–Crippen LogP) is 2.80. The quantitative estimate of drug-likeness (QED) is 0.690. The standard InChI is InChI=1S/C12H22N2/c1-10-4-6-12(7-5-10)14(3)11(2)8-9-13/h10-12H,4-8H2,1-3H3. The summed E-state index contributed by atoms with van der Waals surface area (Å²) in [6.07, 6.45) is 5.99. The summed E-state index contributed by atoms with van der Waals surface area (Å²) >= 11 is 0. The molecule has 0 aromatic carbocycles. The fourth-order valence-corrected chi connectivity index (χ4v) is 2.29. The molecule has 0 radical (unpaired) electrons. The molecule has 1 aliphatic rings. The molecule has 0 aromatic rings. The lowest BCUT2D eigenvalue weighted by molar-refractivity contribution is 0.133. The van der Waals surface area contributed by atoms with Gasteiger partial charge in [-0.2, -0.15) is 5.26 Å². The summed E-state index contributed by atoms with van der Waals surface area (Å²) in [5.74, 6) is 0.908. The Morgan fingerprint density at radius 1 is 1.36 bits per heavy atom. The van der Waals surface area contributed by atoms with E-state index in [-0.39, 0.29) is 0 Å². The van der Waals surface area contributed by atoms with Gasteiger partial charge in [-0.1, -0.05) is 6.92 Å². The Morgan fingerprint density at radius 2 is 1.93 bits per heavy atom. The highest BCUT2D eigenvalue weighted by molar-refractivity contribution is 4.84. The normalized spacial score (nSPS) is 29.9. The van der Waals surface area contributed by atoms with Crippen LogP contribution in [0.3, 0.4) is 0 Å². The average Bonchev–Trinajstić information content (AvgIpc) is 2.18. The fourth-order valence-electron chi connectivity index (χ4n) is 2.29. The zero-order valence-electron chi connectivity index (χ0n) is 9.66. The number of nitriles is 1. The monoisotopic (exact) mass is 194 g/mol. The Balaban J connectivity index is 2.37. The fraction of sp³-hybridized carbons (Fsp3) is 0.917. The van der Waals surface area contributed by atoms with E-state index in [4.69, 9.17) is 5.26 Å². The molecule has 0 heterocycles. The van der Waals surface area contributed by atoms with Crippen LogP contribution in [-0.2, 0) is 0 Å². The summed E-state index contributed by atoms with van der Waals surface area (Å²) in [6.45, 7) is 4.50. The van der Waals surface area contributed by atoms with Gasteiger partial charge in [-0.05, 0) is 45.6 Å². The van der Waals surface area contributed by atoms with E-state index in [2.05, 4.69) is 31.9 Å². The van der Waals surface area contributed by atoms with Crippen molar-refractivity contribution < 1.29 is 0 Å². The first-order valence-corrected chi connectivity index (χ1v) is 5.74. The average molecular weight is 194 g/mol. The van der Waals surface area contributed by atoms with Crippen LogP contribution in [0.5, 0.6) is 0 Å². The van der Waals surface area contributed by atoms with Crippen molar-refractivity contribution >= 4 is 0 Å². The molecule has 80 valence electrons. The zero-order chi connectivity index (χ0) is 10.6. The minimum Gasteiger partial charge on any atom is -0.300 e. The molecule has 0 bridgehead atoms. The highest BCUT2D eigenvalue weighted by Gasteiger charge is 2.24. The van der Waals surface area contributed by atoms with E-state index in [1.807, 2.05) is 0 Å². The molecule has 1 unspecified atom stereocenters. The van der Waals surface area contributed by atoms with Crippen molar-refractivity contribution in [2.75, 3.05) is 7.05 Å². The van der Waals surface area contributed by atoms with Crippen molar-refractivity contribution in [1.29, 1.82) is 5.26 Å². The van der Waals surface area contributed by atoms with Gasteiger partial charge in [0.2, 0.25) is 0 Å². The second-order valence-corrected chi connectivity index (χ2v) is 4.79. The van der Waals surface area contributed by atoms with Gasteiger partial charge < -0.3 is 0 Å². The molecular weight excluding hydrogens is 172 g/mol. The van der Waals surface area contributed by atoms with E-state index in [9.17, 15) is 0 Å². The molecule has 1 aliphatic carbocycles. The topological polar surface area (TPSA) is 27.0 Å². The second kappa shape index (κ2) is 5.36. The highest BCUT2D eigenvalue weighted by atomic mass is 15.2. The number of nitrogens with zero attached hydrogens (tertiary/aromatic N) is 2. The summed E-state index contributed by atoms with van der Waals surface area (Å²) in [4.78, 5) is 2.40. The van der Waals surface area contributed by atoms with Crippen molar-refractivity contribution in [1.82, 2.24) is 4.90 Å². The Kier molecular flexibility index (Phi) is 4.41. The van der Waals surface area contributed by atoms with E-state index in [0.29, 0.717) is 12.5 Å². The molecule has 0 aromatic heterocycles. The summed E-state index contributed by atoms with van der Waals surface area (Å²) in [7, 11) is 2.17. The first kappa shape index (κ1) is 11.5. The third-order valence-electron chi connectivity index (χ3n) is 3.64. The van der Waals surface area contributed by atoms with Crippen LogP contribution in [0, 0.1) is 17.2 Å². The van der Waals surface area contributed by atoms with Crippen LogP contribution in [0.1, 0.15) is 46.0 Å². The molecule has 14 heavy (non-hydrogen) atoms. The van der Waals surface area contributed by atoms with Gasteiger partial charge >= 0.3 is 0 Å². The first-order chi connectivity index (χ1) is 6.65. The highest BCUT2D eigenvalue weighted by Crippen LogP contribution is 2.27. The SMILES string of the molecule is CC1CCC(N(C)C(C)CC#N)CC1. The molecule has 1 fully saturated rings. The van der Waals surface area contributed by atoms with E-state index in [1.165, 1.54) is 25.7 Å². The maximum atomic E-state index is 8.65. The van der Waals surface area contributed by atoms with Gasteiger partial charge in [0.05, 0.1) is 12.5 Å². The Bertz CT molecular complexity index is 199. The largest absolute Gasteiger partial charge is 0.300 e. The molecule has 1 saturated carbocycles. The van der Waals surface area contributed by atoms with Crippen molar-refractivity contribution in [2.24, 2.45) is 5.92 Å². The predicted molar refractivity (Wildman–Crippen MR) is 58.9 cm³/mol. The van der Waals surface area contributed by atoms with Gasteiger partial charge in [-0.3, -0.25) is 4.90 Å². The van der Waals surface area contributed by atoms with Gasteiger partial charge in [-0.25, -0.2) is 0 Å². The summed E-state index contributed by atoms with van der Waals surface area (Å²) in [6, 6.07) is 3.39. The van der Waals surface area contributed by atoms with Gasteiger partial charge in [0.15, 0.2) is 0 Å². The maximum Gasteiger partial charge on any atom is 0.0638 e. The van der Waals surface area contributed by atoms with Gasteiger partial charge in [0, 0.05) is 12.1 Å². The molecule has 0 aliphatic heterocycles. The van der Waals surface area contributed by atoms with Gasteiger partial charge in [-0.15, -0.1) is 0 Å². The molecule has 0 saturated heterocycles. The summed E-state index contributed by atoms with van der Waals surface area (Å²) < 4.78 is 0. The summed E-state index contributed by atoms with van der Waals surface area (Å²) in [5, 5.41) is 8.65. The molecule has 0 amide bonds. The van der Waals surface area contributed by atoms with Crippen molar-refractivity contribution in [3.8, 4) is 6.07 Å². The van der Waals surface area contributed by atoms with Crippen LogP contribution in [0.2, 0.25) is 0 Å². The molecule has 0 spiro atoms. The number of rotatable bonds is 3. The van der Waals surface area contributed by atoms with Gasteiger partial charge in [0.25, 0.3) is 0 Å². The van der Waals surface area contributed by atoms with Crippen LogP contribution < -0.4 is 0 Å². The van der Waals surface area contributed by atoms with E-state index >= 15 is 0 Å². The zero-order valence-corrected chi connectivity index (χ0v) is 9.66.